The molecule has 0 bridgehead atoms. The Morgan fingerprint density at radius 1 is 0.492 bits per heavy atom. The number of aromatic nitrogens is 3. The van der Waals surface area contributed by atoms with E-state index >= 15 is 0 Å². The summed E-state index contributed by atoms with van der Waals surface area (Å²) in [5.41, 5.74) is 18.0. The summed E-state index contributed by atoms with van der Waals surface area (Å²) in [6.07, 6.45) is 0. The first kappa shape index (κ1) is 34.0. The van der Waals surface area contributed by atoms with E-state index in [9.17, 15) is 0 Å². The van der Waals surface area contributed by atoms with Gasteiger partial charge in [0.15, 0.2) is 0 Å². The zero-order chi connectivity index (χ0) is 40.2. The lowest BCUT2D eigenvalue weighted by molar-refractivity contribution is 0.660. The Hall–Kier alpha value is -6.79. The summed E-state index contributed by atoms with van der Waals surface area (Å²) < 4.78 is 4.66. The van der Waals surface area contributed by atoms with Crippen LogP contribution in [-0.4, -0.2) is 14.5 Å². The molecule has 11 aromatic rings. The highest BCUT2D eigenvalue weighted by molar-refractivity contribution is 7.99. The summed E-state index contributed by atoms with van der Waals surface area (Å²) >= 11 is 3.70. The SMILES string of the molecule is CC1(C)c2ccccc2-c2ccc(-c3nc(-n4c5ccccc5c5c6c(ccc54)C4(c5ccccc5S6)c5ccccc5-c5ccccc54)nc4c3sc3ccccc34)cc21. The van der Waals surface area contributed by atoms with E-state index in [-0.39, 0.29) is 5.41 Å². The molecule has 3 aliphatic rings. The van der Waals surface area contributed by atoms with Crippen LogP contribution in [0.25, 0.3) is 81.6 Å². The Morgan fingerprint density at radius 3 is 1.90 bits per heavy atom. The molecule has 0 N–H and O–H groups in total. The maximum Gasteiger partial charge on any atom is 0.235 e. The summed E-state index contributed by atoms with van der Waals surface area (Å²) in [4.78, 5) is 13.8. The fraction of sp³-hybridized carbons (Fsp3) is 0.0714. The number of thiophene rings is 1. The number of hydrogen-bond acceptors (Lipinski definition) is 4. The van der Waals surface area contributed by atoms with Crippen LogP contribution in [0.5, 0.6) is 0 Å². The first-order valence-corrected chi connectivity index (χ1v) is 22.6. The molecule has 0 saturated heterocycles. The molecule has 8 aromatic carbocycles. The number of benzene rings is 8. The molecule has 14 rings (SSSR count). The van der Waals surface area contributed by atoms with Crippen molar-refractivity contribution in [3.8, 4) is 39.5 Å². The van der Waals surface area contributed by atoms with Crippen molar-refractivity contribution >= 4 is 65.2 Å². The van der Waals surface area contributed by atoms with Gasteiger partial charge >= 0.3 is 0 Å². The lowest BCUT2D eigenvalue weighted by Gasteiger charge is -2.40. The van der Waals surface area contributed by atoms with Crippen molar-refractivity contribution in [2.24, 2.45) is 0 Å². The van der Waals surface area contributed by atoms with Crippen LogP contribution in [0.3, 0.4) is 0 Å². The standard InChI is InChI=1S/C56H35N3S2/c1-55(2)39-20-8-3-15-33(39)36-28-27-32(31-44(36)55)50-53-51(38-19-7-13-25-47(38)60-53)58-54(57-50)59-45-24-12-6-18-37(45)49-46(59)30-29-43-52(49)61-48-26-14-11-23-42(48)56(43)40-21-9-4-16-34(40)35-17-5-10-22-41(35)56/h3-31H,1-2H3. The Labute approximate surface area is 361 Å². The molecule has 3 nitrogen and oxygen atoms in total. The zero-order valence-electron chi connectivity index (χ0n) is 33.4. The summed E-state index contributed by atoms with van der Waals surface area (Å²) in [6, 6.07) is 65.3. The lowest BCUT2D eigenvalue weighted by Crippen LogP contribution is -2.32. The molecule has 4 heterocycles. The van der Waals surface area contributed by atoms with Crippen molar-refractivity contribution in [2.75, 3.05) is 0 Å². The molecule has 0 saturated carbocycles. The molecule has 286 valence electrons. The van der Waals surface area contributed by atoms with Gasteiger partial charge in [0, 0.05) is 41.6 Å². The Kier molecular flexibility index (Phi) is 6.65. The van der Waals surface area contributed by atoms with Gasteiger partial charge in [-0.25, -0.2) is 9.97 Å². The molecule has 0 atom stereocenters. The number of fused-ring (bicyclic) bond motifs is 19. The van der Waals surface area contributed by atoms with E-state index in [2.05, 4.69) is 194 Å². The van der Waals surface area contributed by atoms with Crippen LogP contribution in [0.15, 0.2) is 186 Å². The van der Waals surface area contributed by atoms with Crippen LogP contribution in [0.4, 0.5) is 0 Å². The second-order valence-corrected chi connectivity index (χ2v) is 19.3. The first-order chi connectivity index (χ1) is 30.0. The third kappa shape index (κ3) is 4.25. The Morgan fingerprint density at radius 2 is 1.11 bits per heavy atom. The average Bonchev–Trinajstić information content (AvgIpc) is 4.01. The first-order valence-electron chi connectivity index (χ1n) is 21.0. The zero-order valence-corrected chi connectivity index (χ0v) is 35.0. The molecule has 3 aromatic heterocycles. The minimum Gasteiger partial charge on any atom is -0.278 e. The third-order valence-corrected chi connectivity index (χ3v) is 16.3. The van der Waals surface area contributed by atoms with Crippen molar-refractivity contribution in [3.63, 3.8) is 0 Å². The Bertz CT molecular complexity index is 3690. The van der Waals surface area contributed by atoms with Gasteiger partial charge in [0.05, 0.1) is 32.4 Å². The van der Waals surface area contributed by atoms with Crippen LogP contribution < -0.4 is 0 Å². The van der Waals surface area contributed by atoms with Crippen molar-refractivity contribution in [1.82, 2.24) is 14.5 Å². The van der Waals surface area contributed by atoms with Crippen molar-refractivity contribution < 1.29 is 0 Å². The smallest absolute Gasteiger partial charge is 0.235 e. The van der Waals surface area contributed by atoms with Crippen molar-refractivity contribution in [3.05, 3.63) is 209 Å². The molecule has 0 fully saturated rings. The molecule has 5 heteroatoms. The van der Waals surface area contributed by atoms with E-state index in [1.165, 1.54) is 80.9 Å². The van der Waals surface area contributed by atoms with Crippen molar-refractivity contribution in [2.45, 2.75) is 34.5 Å². The summed E-state index contributed by atoms with van der Waals surface area (Å²) in [5.74, 6) is 0.688. The largest absolute Gasteiger partial charge is 0.278 e. The number of rotatable bonds is 2. The minimum atomic E-state index is -0.457. The fourth-order valence-corrected chi connectivity index (χ4v) is 13.8. The van der Waals surface area contributed by atoms with Gasteiger partial charge in [0.1, 0.15) is 0 Å². The van der Waals surface area contributed by atoms with E-state index in [0.29, 0.717) is 5.95 Å². The monoisotopic (exact) mass is 813 g/mol. The topological polar surface area (TPSA) is 30.7 Å². The van der Waals surface area contributed by atoms with Gasteiger partial charge in [-0.1, -0.05) is 171 Å². The molecular formula is C56H35N3S2. The number of hydrogen-bond donors (Lipinski definition) is 0. The van der Waals surface area contributed by atoms with E-state index in [1.54, 1.807) is 11.3 Å². The second-order valence-electron chi connectivity index (χ2n) is 17.2. The van der Waals surface area contributed by atoms with Crippen molar-refractivity contribution in [1.29, 1.82) is 0 Å². The van der Waals surface area contributed by atoms with Gasteiger partial charge in [0.2, 0.25) is 5.95 Å². The highest BCUT2D eigenvalue weighted by Gasteiger charge is 2.50. The minimum absolute atomic E-state index is 0.128. The molecule has 2 aliphatic carbocycles. The number of nitrogens with zero attached hydrogens (tertiary/aromatic N) is 3. The number of para-hydroxylation sites is 1. The normalized spacial score (nSPS) is 14.9. The summed E-state index contributed by atoms with van der Waals surface area (Å²) in [5, 5.41) is 3.60. The summed E-state index contributed by atoms with van der Waals surface area (Å²) in [7, 11) is 0. The predicted octanol–water partition coefficient (Wildman–Crippen LogP) is 14.7. The van der Waals surface area contributed by atoms with Crippen LogP contribution >= 0.6 is 23.1 Å². The lowest BCUT2D eigenvalue weighted by atomic mass is 9.67. The molecular weight excluding hydrogens is 779 g/mol. The van der Waals surface area contributed by atoms with Gasteiger partial charge in [-0.15, -0.1) is 11.3 Å². The predicted molar refractivity (Wildman–Crippen MR) is 254 cm³/mol. The molecule has 0 radical (unpaired) electrons. The quantitative estimate of drug-likeness (QED) is 0.174. The van der Waals surface area contributed by atoms with Gasteiger partial charge in [-0.3, -0.25) is 4.57 Å². The van der Waals surface area contributed by atoms with Gasteiger partial charge in [-0.2, -0.15) is 0 Å². The highest BCUT2D eigenvalue weighted by Crippen LogP contribution is 2.63. The van der Waals surface area contributed by atoms with Gasteiger partial charge < -0.3 is 0 Å². The van der Waals surface area contributed by atoms with Crippen LogP contribution in [0.2, 0.25) is 0 Å². The second kappa shape index (κ2) is 11.9. The average molecular weight is 814 g/mol. The van der Waals surface area contributed by atoms with E-state index in [0.717, 1.165) is 37.9 Å². The molecule has 1 spiro atoms. The van der Waals surface area contributed by atoms with E-state index < -0.39 is 5.41 Å². The van der Waals surface area contributed by atoms with Crippen LogP contribution in [-0.2, 0) is 10.8 Å². The van der Waals surface area contributed by atoms with Gasteiger partial charge in [-0.05, 0) is 86.0 Å². The third-order valence-electron chi connectivity index (χ3n) is 13.9. The maximum absolute atomic E-state index is 5.67. The van der Waals surface area contributed by atoms with Crippen LogP contribution in [0.1, 0.15) is 47.2 Å². The highest BCUT2D eigenvalue weighted by atomic mass is 32.2. The molecule has 1 aliphatic heterocycles. The molecule has 0 unspecified atom stereocenters. The summed E-state index contributed by atoms with van der Waals surface area (Å²) in [6.45, 7) is 4.70. The van der Waals surface area contributed by atoms with E-state index in [4.69, 9.17) is 9.97 Å². The molecule has 0 amide bonds. The fourth-order valence-electron chi connectivity index (χ4n) is 11.3. The van der Waals surface area contributed by atoms with Crippen LogP contribution in [0, 0.1) is 0 Å². The maximum atomic E-state index is 5.67. The van der Waals surface area contributed by atoms with E-state index in [1.807, 2.05) is 11.8 Å². The Balaban J connectivity index is 1.07. The van der Waals surface area contributed by atoms with Gasteiger partial charge in [0.25, 0.3) is 0 Å². The molecule has 61 heavy (non-hydrogen) atoms.